The van der Waals surface area contributed by atoms with Crippen LogP contribution in [0.4, 0.5) is 0 Å². The topological polar surface area (TPSA) is 52.3 Å². The molecule has 4 heteroatoms. The third-order valence-electron chi connectivity index (χ3n) is 3.57. The molecular formula is C20H17NO3. The summed E-state index contributed by atoms with van der Waals surface area (Å²) in [5.41, 5.74) is 2.07. The molecule has 0 radical (unpaired) electrons. The van der Waals surface area contributed by atoms with Crippen LogP contribution in [0.25, 0.3) is 11.8 Å². The molecule has 24 heavy (non-hydrogen) atoms. The van der Waals surface area contributed by atoms with Crippen molar-refractivity contribution in [3.63, 3.8) is 0 Å². The maximum Gasteiger partial charge on any atom is 0.343 e. The number of nitrogens with zero attached hydrogens (tertiary/aromatic N) is 1. The number of aryl methyl sites for hydroxylation is 2. The number of benzene rings is 2. The number of oxazole rings is 1. The Labute approximate surface area is 140 Å². The van der Waals surface area contributed by atoms with Crippen LogP contribution >= 0.6 is 0 Å². The predicted molar refractivity (Wildman–Crippen MR) is 92.1 cm³/mol. The molecule has 4 nitrogen and oxygen atoms in total. The summed E-state index contributed by atoms with van der Waals surface area (Å²) in [7, 11) is 0. The fraction of sp³-hybridized carbons (Fsp3) is 0.100. The second kappa shape index (κ2) is 6.96. The third-order valence-corrected chi connectivity index (χ3v) is 3.57. The fourth-order valence-corrected chi connectivity index (χ4v) is 2.18. The second-order valence-electron chi connectivity index (χ2n) is 5.32. The van der Waals surface area contributed by atoms with Crippen molar-refractivity contribution in [1.82, 2.24) is 4.98 Å². The normalized spacial score (nSPS) is 11.3. The smallest absolute Gasteiger partial charge is 0.343 e. The molecule has 0 N–H and O–H groups in total. The number of aromatic nitrogens is 1. The van der Waals surface area contributed by atoms with E-state index in [1.54, 1.807) is 30.3 Å². The first-order valence-electron chi connectivity index (χ1n) is 7.62. The van der Waals surface area contributed by atoms with Gasteiger partial charge >= 0.3 is 5.97 Å². The number of carbonyl (C=O) groups excluding carboxylic acids is 1. The first-order chi connectivity index (χ1) is 11.6. The van der Waals surface area contributed by atoms with Gasteiger partial charge in [0.15, 0.2) is 0 Å². The van der Waals surface area contributed by atoms with Crippen molar-refractivity contribution in [3.05, 3.63) is 89.1 Å². The van der Waals surface area contributed by atoms with Crippen molar-refractivity contribution < 1.29 is 13.9 Å². The van der Waals surface area contributed by atoms with Gasteiger partial charge in [-0.1, -0.05) is 48.5 Å². The van der Waals surface area contributed by atoms with Crippen LogP contribution in [-0.2, 0) is 4.74 Å². The minimum absolute atomic E-state index is 0.394. The zero-order chi connectivity index (χ0) is 16.9. The summed E-state index contributed by atoms with van der Waals surface area (Å²) in [5, 5.41) is 0. The van der Waals surface area contributed by atoms with E-state index in [9.17, 15) is 4.79 Å². The van der Waals surface area contributed by atoms with E-state index in [4.69, 9.17) is 9.15 Å². The molecular weight excluding hydrogens is 302 g/mol. The van der Waals surface area contributed by atoms with Gasteiger partial charge in [0.1, 0.15) is 11.5 Å². The van der Waals surface area contributed by atoms with Crippen LogP contribution in [0.3, 0.4) is 0 Å². The van der Waals surface area contributed by atoms with Gasteiger partial charge in [0, 0.05) is 11.6 Å². The molecule has 1 heterocycles. The van der Waals surface area contributed by atoms with Crippen molar-refractivity contribution >= 4 is 17.8 Å². The SMILES string of the molecule is Cc1nc(/C=C(/OC(=O)c2ccccc2)c2ccccc2)oc1C. The van der Waals surface area contributed by atoms with Gasteiger partial charge in [-0.2, -0.15) is 0 Å². The summed E-state index contributed by atoms with van der Waals surface area (Å²) in [4.78, 5) is 16.7. The molecule has 0 aliphatic carbocycles. The molecule has 0 bridgehead atoms. The monoisotopic (exact) mass is 319 g/mol. The summed E-state index contributed by atoms with van der Waals surface area (Å²) in [6.07, 6.45) is 1.64. The van der Waals surface area contributed by atoms with E-state index in [0.717, 1.165) is 17.0 Å². The van der Waals surface area contributed by atoms with Gasteiger partial charge in [-0.25, -0.2) is 9.78 Å². The molecule has 3 aromatic rings. The second-order valence-corrected chi connectivity index (χ2v) is 5.32. The molecule has 0 saturated heterocycles. The minimum atomic E-state index is -0.425. The maximum absolute atomic E-state index is 12.4. The summed E-state index contributed by atoms with van der Waals surface area (Å²) >= 11 is 0. The molecule has 0 saturated carbocycles. The molecule has 0 spiro atoms. The van der Waals surface area contributed by atoms with Crippen LogP contribution in [0.1, 0.15) is 33.3 Å². The Hall–Kier alpha value is -3.14. The van der Waals surface area contributed by atoms with Crippen molar-refractivity contribution in [1.29, 1.82) is 0 Å². The molecule has 0 fully saturated rings. The van der Waals surface area contributed by atoms with Gasteiger partial charge in [0.2, 0.25) is 5.89 Å². The van der Waals surface area contributed by atoms with Crippen LogP contribution in [0.5, 0.6) is 0 Å². The molecule has 0 atom stereocenters. The first kappa shape index (κ1) is 15.7. The van der Waals surface area contributed by atoms with E-state index in [1.807, 2.05) is 50.2 Å². The Morgan fingerprint density at radius 1 is 0.958 bits per heavy atom. The van der Waals surface area contributed by atoms with Crippen molar-refractivity contribution in [2.24, 2.45) is 0 Å². The minimum Gasteiger partial charge on any atom is -0.442 e. The van der Waals surface area contributed by atoms with E-state index in [2.05, 4.69) is 4.98 Å². The van der Waals surface area contributed by atoms with Gasteiger partial charge in [0.05, 0.1) is 11.3 Å². The van der Waals surface area contributed by atoms with Crippen LogP contribution in [0.15, 0.2) is 65.1 Å². The molecule has 120 valence electrons. The van der Waals surface area contributed by atoms with Crippen LogP contribution in [-0.4, -0.2) is 11.0 Å². The lowest BCUT2D eigenvalue weighted by Crippen LogP contribution is -2.04. The average Bonchev–Trinajstić information content (AvgIpc) is 2.93. The quantitative estimate of drug-likeness (QED) is 0.519. The van der Waals surface area contributed by atoms with Gasteiger partial charge in [-0.15, -0.1) is 0 Å². The zero-order valence-corrected chi connectivity index (χ0v) is 13.5. The standard InChI is InChI=1S/C20H17NO3/c1-14-15(2)23-19(21-14)13-18(16-9-5-3-6-10-16)24-20(22)17-11-7-4-8-12-17/h3-13H,1-2H3/b18-13+. The van der Waals surface area contributed by atoms with E-state index in [-0.39, 0.29) is 0 Å². The van der Waals surface area contributed by atoms with Gasteiger partial charge < -0.3 is 9.15 Å². The summed E-state index contributed by atoms with van der Waals surface area (Å²) in [6, 6.07) is 18.3. The van der Waals surface area contributed by atoms with E-state index in [1.165, 1.54) is 0 Å². The first-order valence-corrected chi connectivity index (χ1v) is 7.62. The average molecular weight is 319 g/mol. The van der Waals surface area contributed by atoms with Gasteiger partial charge in [-0.05, 0) is 26.0 Å². The number of esters is 1. The van der Waals surface area contributed by atoms with Crippen LogP contribution in [0, 0.1) is 13.8 Å². The fourth-order valence-electron chi connectivity index (χ4n) is 2.18. The molecule has 1 aromatic heterocycles. The summed E-state index contributed by atoms with van der Waals surface area (Å²) in [5.74, 6) is 1.11. The molecule has 0 unspecified atom stereocenters. The highest BCUT2D eigenvalue weighted by Crippen LogP contribution is 2.22. The van der Waals surface area contributed by atoms with Crippen LogP contribution in [0.2, 0.25) is 0 Å². The Morgan fingerprint density at radius 3 is 2.08 bits per heavy atom. The lowest BCUT2D eigenvalue weighted by Gasteiger charge is -2.08. The van der Waals surface area contributed by atoms with E-state index >= 15 is 0 Å². The van der Waals surface area contributed by atoms with E-state index in [0.29, 0.717) is 17.2 Å². The lowest BCUT2D eigenvalue weighted by molar-refractivity contribution is 0.0693. The highest BCUT2D eigenvalue weighted by molar-refractivity contribution is 5.94. The summed E-state index contributed by atoms with van der Waals surface area (Å²) in [6.45, 7) is 3.71. The number of ether oxygens (including phenoxy) is 1. The Morgan fingerprint density at radius 2 is 1.54 bits per heavy atom. The van der Waals surface area contributed by atoms with Crippen molar-refractivity contribution in [2.75, 3.05) is 0 Å². The Kier molecular flexibility index (Phi) is 4.57. The Balaban J connectivity index is 1.95. The third kappa shape index (κ3) is 3.60. The summed E-state index contributed by atoms with van der Waals surface area (Å²) < 4.78 is 11.2. The Bertz CT molecular complexity index is 845. The maximum atomic E-state index is 12.4. The van der Waals surface area contributed by atoms with Gasteiger partial charge in [-0.3, -0.25) is 0 Å². The highest BCUT2D eigenvalue weighted by atomic mass is 16.5. The van der Waals surface area contributed by atoms with Crippen molar-refractivity contribution in [2.45, 2.75) is 13.8 Å². The molecule has 0 amide bonds. The highest BCUT2D eigenvalue weighted by Gasteiger charge is 2.13. The van der Waals surface area contributed by atoms with Gasteiger partial charge in [0.25, 0.3) is 0 Å². The van der Waals surface area contributed by atoms with E-state index < -0.39 is 5.97 Å². The molecule has 0 aliphatic rings. The molecule has 3 rings (SSSR count). The number of carbonyl (C=O) groups is 1. The zero-order valence-electron chi connectivity index (χ0n) is 13.5. The molecule has 2 aromatic carbocycles. The lowest BCUT2D eigenvalue weighted by atomic mass is 10.1. The number of rotatable bonds is 4. The van der Waals surface area contributed by atoms with Crippen molar-refractivity contribution in [3.8, 4) is 0 Å². The molecule has 0 aliphatic heterocycles. The van der Waals surface area contributed by atoms with Crippen LogP contribution < -0.4 is 0 Å². The predicted octanol–water partition coefficient (Wildman–Crippen LogP) is 4.65. The number of hydrogen-bond donors (Lipinski definition) is 0. The largest absolute Gasteiger partial charge is 0.442 e. The number of hydrogen-bond acceptors (Lipinski definition) is 4.